The van der Waals surface area contributed by atoms with Gasteiger partial charge in [-0.1, -0.05) is 29.6 Å². The number of carbonyl (C=O) groups excluding carboxylic acids is 1. The van der Waals surface area contributed by atoms with Crippen LogP contribution in [0.2, 0.25) is 10.0 Å². The van der Waals surface area contributed by atoms with Crippen molar-refractivity contribution in [2.45, 2.75) is 43.1 Å². The second-order valence-electron chi connectivity index (χ2n) is 4.98. The summed E-state index contributed by atoms with van der Waals surface area (Å²) in [5.74, 6) is -0.620. The molecule has 0 amide bonds. The highest BCUT2D eigenvalue weighted by Gasteiger charge is 2.23. The summed E-state index contributed by atoms with van der Waals surface area (Å²) in [6.45, 7) is 0. The number of primary sulfonamides is 1. The minimum absolute atomic E-state index is 0.0269. The maximum Gasteiger partial charge on any atom is 0.338 e. The van der Waals surface area contributed by atoms with E-state index in [4.69, 9.17) is 33.1 Å². The van der Waals surface area contributed by atoms with Gasteiger partial charge in [-0.15, -0.1) is 0 Å². The van der Waals surface area contributed by atoms with Crippen molar-refractivity contribution >= 4 is 39.2 Å². The van der Waals surface area contributed by atoms with E-state index >= 15 is 0 Å². The summed E-state index contributed by atoms with van der Waals surface area (Å²) >= 11 is 11.7. The Morgan fingerprint density at radius 2 is 1.81 bits per heavy atom. The molecule has 0 spiro atoms. The first-order valence-corrected chi connectivity index (χ1v) is 8.82. The van der Waals surface area contributed by atoms with Gasteiger partial charge in [-0.2, -0.15) is 0 Å². The molecular weight excluding hydrogens is 337 g/mol. The maximum absolute atomic E-state index is 12.1. The van der Waals surface area contributed by atoms with E-state index in [0.29, 0.717) is 0 Å². The van der Waals surface area contributed by atoms with Crippen LogP contribution in [0.4, 0.5) is 0 Å². The van der Waals surface area contributed by atoms with Gasteiger partial charge in [0.1, 0.15) is 11.0 Å². The molecule has 5 nitrogen and oxygen atoms in total. The van der Waals surface area contributed by atoms with E-state index in [2.05, 4.69) is 0 Å². The summed E-state index contributed by atoms with van der Waals surface area (Å²) in [6, 6.07) is 2.37. The zero-order valence-electron chi connectivity index (χ0n) is 11.1. The van der Waals surface area contributed by atoms with Crippen LogP contribution in [0, 0.1) is 0 Å². The van der Waals surface area contributed by atoms with Crippen molar-refractivity contribution in [3.63, 3.8) is 0 Å². The molecule has 1 saturated carbocycles. The maximum atomic E-state index is 12.1. The predicted octanol–water partition coefficient (Wildman–Crippen LogP) is 3.13. The number of sulfonamides is 1. The molecule has 0 aromatic heterocycles. The molecule has 0 unspecified atom stereocenters. The summed E-state index contributed by atoms with van der Waals surface area (Å²) in [4.78, 5) is 11.7. The number of rotatable bonds is 3. The Balaban J connectivity index is 2.27. The first kappa shape index (κ1) is 16.5. The molecule has 2 rings (SSSR count). The first-order chi connectivity index (χ1) is 9.79. The topological polar surface area (TPSA) is 86.5 Å². The molecule has 1 aliphatic rings. The van der Waals surface area contributed by atoms with Gasteiger partial charge in [-0.25, -0.2) is 18.4 Å². The van der Waals surface area contributed by atoms with Crippen molar-refractivity contribution in [2.75, 3.05) is 0 Å². The molecule has 0 heterocycles. The van der Waals surface area contributed by atoms with Crippen LogP contribution < -0.4 is 5.14 Å². The molecule has 0 saturated heterocycles. The summed E-state index contributed by atoms with van der Waals surface area (Å²) in [6.07, 6.45) is 4.66. The van der Waals surface area contributed by atoms with Crippen molar-refractivity contribution in [1.29, 1.82) is 0 Å². The lowest BCUT2D eigenvalue weighted by atomic mass is 9.98. The standard InChI is InChI=1S/C13H15Cl2NO4S/c14-10-6-8(7-11(12(10)15)21(16,18)19)13(17)20-9-4-2-1-3-5-9/h6-7,9H,1-5H2,(H2,16,18,19). The van der Waals surface area contributed by atoms with E-state index in [0.717, 1.165) is 38.2 Å². The van der Waals surface area contributed by atoms with Crippen LogP contribution >= 0.6 is 23.2 Å². The summed E-state index contributed by atoms with van der Waals surface area (Å²) in [5.41, 5.74) is 0.0269. The second kappa shape index (κ2) is 6.52. The van der Waals surface area contributed by atoms with E-state index in [1.54, 1.807) is 0 Å². The molecule has 1 aromatic carbocycles. The Hall–Kier alpha value is -0.820. The van der Waals surface area contributed by atoms with E-state index in [9.17, 15) is 13.2 Å². The molecule has 116 valence electrons. The minimum atomic E-state index is -4.07. The van der Waals surface area contributed by atoms with Gasteiger partial charge in [-0.3, -0.25) is 0 Å². The quantitative estimate of drug-likeness (QED) is 0.847. The third-order valence-corrected chi connectivity index (χ3v) is 5.21. The predicted molar refractivity (Wildman–Crippen MR) is 80.1 cm³/mol. The van der Waals surface area contributed by atoms with Crippen LogP contribution in [-0.2, 0) is 14.8 Å². The molecule has 0 radical (unpaired) electrons. The Morgan fingerprint density at radius 1 is 1.19 bits per heavy atom. The van der Waals surface area contributed by atoms with Crippen LogP contribution in [0.25, 0.3) is 0 Å². The van der Waals surface area contributed by atoms with Crippen LogP contribution in [0.1, 0.15) is 42.5 Å². The second-order valence-corrected chi connectivity index (χ2v) is 7.30. The summed E-state index contributed by atoms with van der Waals surface area (Å²) in [7, 11) is -4.07. The monoisotopic (exact) mass is 351 g/mol. The fourth-order valence-corrected chi connectivity index (χ4v) is 3.65. The van der Waals surface area contributed by atoms with Gasteiger partial charge in [0.25, 0.3) is 0 Å². The minimum Gasteiger partial charge on any atom is -0.459 e. The molecule has 1 fully saturated rings. The molecule has 1 aliphatic carbocycles. The highest BCUT2D eigenvalue weighted by molar-refractivity contribution is 7.89. The van der Waals surface area contributed by atoms with Gasteiger partial charge in [0, 0.05) is 0 Å². The fourth-order valence-electron chi connectivity index (χ4n) is 2.29. The third kappa shape index (κ3) is 4.10. The third-order valence-electron chi connectivity index (χ3n) is 3.36. The van der Waals surface area contributed by atoms with Crippen molar-refractivity contribution in [2.24, 2.45) is 5.14 Å². The summed E-state index contributed by atoms with van der Waals surface area (Å²) < 4.78 is 28.3. The van der Waals surface area contributed by atoms with Gasteiger partial charge in [0.2, 0.25) is 10.0 Å². The zero-order chi connectivity index (χ0) is 15.6. The largest absolute Gasteiger partial charge is 0.459 e. The van der Waals surface area contributed by atoms with Crippen molar-refractivity contribution in [3.05, 3.63) is 27.7 Å². The molecule has 1 aromatic rings. The number of carbonyl (C=O) groups is 1. The molecule has 0 bridgehead atoms. The molecule has 21 heavy (non-hydrogen) atoms. The Morgan fingerprint density at radius 3 is 2.38 bits per heavy atom. The number of ether oxygens (including phenoxy) is 1. The average molecular weight is 352 g/mol. The Bertz CT molecular complexity index is 654. The molecule has 2 N–H and O–H groups in total. The average Bonchev–Trinajstić information content (AvgIpc) is 2.41. The SMILES string of the molecule is NS(=O)(=O)c1cc(C(=O)OC2CCCCC2)cc(Cl)c1Cl. The van der Waals surface area contributed by atoms with E-state index in [1.807, 2.05) is 0 Å². The Labute approximate surface area is 133 Å². The number of hydrogen-bond donors (Lipinski definition) is 1. The van der Waals surface area contributed by atoms with Crippen molar-refractivity contribution < 1.29 is 17.9 Å². The van der Waals surface area contributed by atoms with E-state index < -0.39 is 16.0 Å². The number of benzene rings is 1. The number of nitrogens with two attached hydrogens (primary N) is 1. The highest BCUT2D eigenvalue weighted by Crippen LogP contribution is 2.31. The Kier molecular flexibility index (Phi) is 5.14. The fraction of sp³-hybridized carbons (Fsp3) is 0.462. The smallest absolute Gasteiger partial charge is 0.338 e. The lowest BCUT2D eigenvalue weighted by Gasteiger charge is -2.22. The molecule has 8 heteroatoms. The highest BCUT2D eigenvalue weighted by atomic mass is 35.5. The summed E-state index contributed by atoms with van der Waals surface area (Å²) in [5, 5.41) is 4.80. The van der Waals surface area contributed by atoms with Gasteiger partial charge in [-0.05, 0) is 37.8 Å². The van der Waals surface area contributed by atoms with Crippen LogP contribution in [0.15, 0.2) is 17.0 Å². The zero-order valence-corrected chi connectivity index (χ0v) is 13.5. The van der Waals surface area contributed by atoms with Gasteiger partial charge in [0.05, 0.1) is 15.6 Å². The molecule has 0 atom stereocenters. The molecule has 0 aliphatic heterocycles. The first-order valence-electron chi connectivity index (χ1n) is 6.52. The van der Waals surface area contributed by atoms with Crippen LogP contribution in [-0.4, -0.2) is 20.5 Å². The normalized spacial score (nSPS) is 16.7. The number of esters is 1. The van der Waals surface area contributed by atoms with Crippen LogP contribution in [0.5, 0.6) is 0 Å². The lowest BCUT2D eigenvalue weighted by Crippen LogP contribution is -2.21. The van der Waals surface area contributed by atoms with Crippen molar-refractivity contribution in [1.82, 2.24) is 0 Å². The van der Waals surface area contributed by atoms with Gasteiger partial charge in [0.15, 0.2) is 0 Å². The van der Waals surface area contributed by atoms with Crippen molar-refractivity contribution in [3.8, 4) is 0 Å². The number of halogens is 2. The number of hydrogen-bond acceptors (Lipinski definition) is 4. The van der Waals surface area contributed by atoms with Gasteiger partial charge < -0.3 is 4.74 Å². The van der Waals surface area contributed by atoms with E-state index in [1.165, 1.54) is 6.07 Å². The lowest BCUT2D eigenvalue weighted by molar-refractivity contribution is 0.0211. The van der Waals surface area contributed by atoms with Gasteiger partial charge >= 0.3 is 5.97 Å². The van der Waals surface area contributed by atoms with E-state index in [-0.39, 0.29) is 26.6 Å². The molecular formula is C13H15Cl2NO4S. The van der Waals surface area contributed by atoms with Crippen LogP contribution in [0.3, 0.4) is 0 Å².